The van der Waals surface area contributed by atoms with Crippen LogP contribution in [0.2, 0.25) is 0 Å². The van der Waals surface area contributed by atoms with Gasteiger partial charge in [-0.05, 0) is 182 Å². The summed E-state index contributed by atoms with van der Waals surface area (Å²) >= 11 is 0. The summed E-state index contributed by atoms with van der Waals surface area (Å²) in [6.45, 7) is 0. The number of carboxylic acids is 3. The third kappa shape index (κ3) is 22.7. The SMILES string of the molecule is O=C(O)c1ccccc1CCCCCc1ccccc1NS(=O)(=O)Cc1ccccc1.O=C(O)c1ccccc1CCCCCc1ccccc1NS(=O)(=O)c1cccc(C(F)(F)F)c1.O=C(O)c1ccccc1CCCCCc1ccccc1NS(=O)(=O)c1cccc2ccccc12. The molecule has 6 N–H and O–H groups in total. The fraction of sp³-hybridized carbons (Fsp3) is 0.218. The van der Waals surface area contributed by atoms with Crippen molar-refractivity contribution in [2.24, 2.45) is 0 Å². The fourth-order valence-electron chi connectivity index (χ4n) is 11.4. The second kappa shape index (κ2) is 35.9. The molecule has 21 heteroatoms. The zero-order valence-electron chi connectivity index (χ0n) is 54.3. The number of carbonyl (C=O) groups is 3. The third-order valence-corrected chi connectivity index (χ3v) is 20.5. The lowest BCUT2D eigenvalue weighted by molar-refractivity contribution is -0.137. The second-order valence-electron chi connectivity index (χ2n) is 23.6. The largest absolute Gasteiger partial charge is 0.478 e. The van der Waals surface area contributed by atoms with Crippen molar-refractivity contribution in [2.45, 2.75) is 118 Å². The number of rotatable bonds is 31. The fourth-order valence-corrected chi connectivity index (χ4v) is 15.2. The highest BCUT2D eigenvalue weighted by Gasteiger charge is 2.32. The van der Waals surface area contributed by atoms with E-state index in [1.54, 1.807) is 109 Å². The highest BCUT2D eigenvalue weighted by atomic mass is 32.2. The summed E-state index contributed by atoms with van der Waals surface area (Å²) in [6.07, 6.45) is 7.10. The molecule has 15 nitrogen and oxygen atoms in total. The maximum atomic E-state index is 13.2. The van der Waals surface area contributed by atoms with Gasteiger partial charge in [0.25, 0.3) is 20.0 Å². The quantitative estimate of drug-likeness (QED) is 0.0222. The molecule has 0 fully saturated rings. The minimum Gasteiger partial charge on any atom is -0.478 e. The first kappa shape index (κ1) is 74.7. The molecule has 0 saturated heterocycles. The molecule has 0 spiro atoms. The Labute approximate surface area is 576 Å². The number of halogens is 3. The first-order chi connectivity index (χ1) is 47.5. The molecule has 0 aliphatic carbocycles. The van der Waals surface area contributed by atoms with Crippen molar-refractivity contribution in [3.05, 3.63) is 304 Å². The van der Waals surface area contributed by atoms with Crippen LogP contribution in [0.4, 0.5) is 30.2 Å². The summed E-state index contributed by atoms with van der Waals surface area (Å²) in [5.74, 6) is -2.82. The van der Waals surface area contributed by atoms with Gasteiger partial charge in [-0.1, -0.05) is 201 Å². The van der Waals surface area contributed by atoms with E-state index in [1.807, 2.05) is 109 Å². The van der Waals surface area contributed by atoms with Gasteiger partial charge < -0.3 is 15.3 Å². The van der Waals surface area contributed by atoms with Gasteiger partial charge in [0.2, 0.25) is 10.0 Å². The maximum Gasteiger partial charge on any atom is 0.416 e. The predicted octanol–water partition coefficient (Wildman–Crippen LogP) is 17.7. The minimum absolute atomic E-state index is 0.0643. The van der Waals surface area contributed by atoms with Gasteiger partial charge in [0.05, 0.1) is 54.9 Å². The molecular formula is C78H78F3N3O12S3. The number of para-hydroxylation sites is 3. The number of carboxylic acid groups (broad SMARTS) is 3. The van der Waals surface area contributed by atoms with E-state index in [0.29, 0.717) is 65.3 Å². The Kier molecular flexibility index (Phi) is 27.1. The van der Waals surface area contributed by atoms with Gasteiger partial charge in [0.1, 0.15) is 0 Å². The van der Waals surface area contributed by atoms with Crippen molar-refractivity contribution in [3.8, 4) is 0 Å². The molecule has 99 heavy (non-hydrogen) atoms. The lowest BCUT2D eigenvalue weighted by Crippen LogP contribution is -2.16. The number of hydrogen-bond donors (Lipinski definition) is 6. The summed E-state index contributed by atoms with van der Waals surface area (Å²) in [7, 11) is -11.5. The Morgan fingerprint density at radius 1 is 0.343 bits per heavy atom. The molecule has 0 saturated carbocycles. The predicted molar refractivity (Wildman–Crippen MR) is 383 cm³/mol. The third-order valence-electron chi connectivity index (χ3n) is 16.4. The number of benzene rings is 10. The average Bonchev–Trinajstić information content (AvgIpc) is 0.794. The molecular weight excluding hydrogens is 1320 g/mol. The summed E-state index contributed by atoms with van der Waals surface area (Å²) < 4.78 is 124. The topological polar surface area (TPSA) is 250 Å². The highest BCUT2D eigenvalue weighted by Crippen LogP contribution is 2.33. The van der Waals surface area contributed by atoms with Crippen LogP contribution in [0.15, 0.2) is 252 Å². The average molecular weight is 1400 g/mol. The molecule has 10 aromatic rings. The van der Waals surface area contributed by atoms with Crippen LogP contribution in [0.5, 0.6) is 0 Å². The van der Waals surface area contributed by atoms with Gasteiger partial charge in [-0.2, -0.15) is 13.2 Å². The molecule has 0 unspecified atom stereocenters. The molecule has 0 aliphatic heterocycles. The second-order valence-corrected chi connectivity index (χ2v) is 28.7. The summed E-state index contributed by atoms with van der Waals surface area (Å²) in [5.41, 5.74) is 7.34. The zero-order valence-corrected chi connectivity index (χ0v) is 56.7. The van der Waals surface area contributed by atoms with Crippen molar-refractivity contribution < 1.29 is 68.1 Å². The monoisotopic (exact) mass is 1400 g/mol. The molecule has 0 atom stereocenters. The van der Waals surface area contributed by atoms with E-state index in [9.17, 15) is 68.1 Å². The minimum atomic E-state index is -4.64. The van der Waals surface area contributed by atoms with Gasteiger partial charge in [-0.15, -0.1) is 0 Å². The van der Waals surface area contributed by atoms with Crippen LogP contribution in [0.25, 0.3) is 10.8 Å². The van der Waals surface area contributed by atoms with E-state index in [2.05, 4.69) is 14.2 Å². The van der Waals surface area contributed by atoms with Gasteiger partial charge in [-0.25, -0.2) is 39.6 Å². The molecule has 0 aliphatic rings. The van der Waals surface area contributed by atoms with Crippen LogP contribution in [0.3, 0.4) is 0 Å². The van der Waals surface area contributed by atoms with Gasteiger partial charge in [0, 0.05) is 5.39 Å². The van der Waals surface area contributed by atoms with E-state index < -0.39 is 64.6 Å². The Hall–Kier alpha value is -10.1. The Morgan fingerprint density at radius 3 is 1.12 bits per heavy atom. The summed E-state index contributed by atoms with van der Waals surface area (Å²) in [6, 6.07) is 68.2. The number of unbranched alkanes of at least 4 members (excludes halogenated alkanes) is 6. The Balaban J connectivity index is 0.000000189. The number of aromatic carboxylic acids is 3. The molecule has 0 radical (unpaired) electrons. The van der Waals surface area contributed by atoms with Crippen LogP contribution in [-0.2, 0) is 80.5 Å². The van der Waals surface area contributed by atoms with E-state index in [0.717, 1.165) is 133 Å². The number of anilines is 3. The number of hydrogen-bond acceptors (Lipinski definition) is 9. The summed E-state index contributed by atoms with van der Waals surface area (Å²) in [5, 5.41) is 29.4. The van der Waals surface area contributed by atoms with Gasteiger partial charge in [0.15, 0.2) is 0 Å². The standard InChI is InChI=1S/C28H27NO4S.C25H24F3NO4S.C25H27NO4S/c30-28(31)25-18-8-5-13-22(25)11-2-1-3-14-23-15-6-9-19-26(23)29-34(32,33)27-20-10-16-21-12-4-7-17-24(21)27;26-25(27,28)20-13-8-14-21(17-20)34(32,33)29-23-16-7-5-12-19(23)11-3-1-2-9-18-10-4-6-15-22(18)24(30)31;27-25(28)23-17-9-7-14-21(23)13-5-2-6-15-22-16-8-10-18-24(22)26-31(29,30)19-20-11-3-1-4-12-20/h4-10,12-13,15-20,29H,1-3,11,14H2,(H,30,31);4-8,10,12-17,29H,1-3,9,11H2,(H,30,31);1,3-4,7-12,14,16-18,26H,2,5-6,13,15,19H2,(H,27,28). The number of aryl methyl sites for hydroxylation is 6. The van der Waals surface area contributed by atoms with Crippen LogP contribution in [0, 0.1) is 0 Å². The first-order valence-electron chi connectivity index (χ1n) is 32.4. The van der Waals surface area contributed by atoms with Crippen LogP contribution in [-0.4, -0.2) is 58.5 Å². The highest BCUT2D eigenvalue weighted by molar-refractivity contribution is 7.93. The summed E-state index contributed by atoms with van der Waals surface area (Å²) in [4.78, 5) is 33.8. The molecule has 516 valence electrons. The number of sulfonamides is 3. The lowest BCUT2D eigenvalue weighted by Gasteiger charge is -2.14. The van der Waals surface area contributed by atoms with Crippen molar-refractivity contribution in [1.82, 2.24) is 0 Å². The molecule has 0 bridgehead atoms. The van der Waals surface area contributed by atoms with Crippen molar-refractivity contribution in [1.29, 1.82) is 0 Å². The Bertz CT molecular complexity index is 4720. The Morgan fingerprint density at radius 2 is 0.687 bits per heavy atom. The van der Waals surface area contributed by atoms with Crippen LogP contribution < -0.4 is 14.2 Å². The number of alkyl halides is 3. The number of nitrogens with one attached hydrogen (secondary N) is 3. The first-order valence-corrected chi connectivity index (χ1v) is 37.0. The van der Waals surface area contributed by atoms with E-state index in [4.69, 9.17) is 0 Å². The molecule has 10 rings (SSSR count). The molecule has 0 aromatic heterocycles. The lowest BCUT2D eigenvalue weighted by atomic mass is 9.99. The molecule has 10 aromatic carbocycles. The normalized spacial score (nSPS) is 11.5. The van der Waals surface area contributed by atoms with Crippen molar-refractivity contribution >= 4 is 75.8 Å². The van der Waals surface area contributed by atoms with Crippen LogP contribution in [0.1, 0.15) is 133 Å². The van der Waals surface area contributed by atoms with E-state index in [1.165, 1.54) is 0 Å². The number of fused-ring (bicyclic) bond motifs is 1. The van der Waals surface area contributed by atoms with Crippen molar-refractivity contribution in [2.75, 3.05) is 14.2 Å². The van der Waals surface area contributed by atoms with Gasteiger partial charge >= 0.3 is 24.1 Å². The van der Waals surface area contributed by atoms with Crippen LogP contribution >= 0.6 is 0 Å². The zero-order chi connectivity index (χ0) is 70.8. The smallest absolute Gasteiger partial charge is 0.416 e. The maximum absolute atomic E-state index is 13.2. The van der Waals surface area contributed by atoms with Gasteiger partial charge in [-0.3, -0.25) is 14.2 Å². The van der Waals surface area contributed by atoms with E-state index >= 15 is 0 Å². The van der Waals surface area contributed by atoms with E-state index in [-0.39, 0.29) is 16.2 Å². The molecule has 0 amide bonds. The molecule has 0 heterocycles. The van der Waals surface area contributed by atoms with Crippen molar-refractivity contribution in [3.63, 3.8) is 0 Å².